The molecule has 0 saturated heterocycles. The molecule has 6 heteroatoms. The molecule has 3 aromatic rings. The molecule has 152 valence electrons. The summed E-state index contributed by atoms with van der Waals surface area (Å²) in [7, 11) is 0. The Balaban J connectivity index is 1.54. The van der Waals surface area contributed by atoms with Crippen LogP contribution in [0.1, 0.15) is 35.0 Å². The predicted molar refractivity (Wildman–Crippen MR) is 115 cm³/mol. The topological polar surface area (TPSA) is 46.8 Å². The van der Waals surface area contributed by atoms with Gasteiger partial charge in [0, 0.05) is 23.7 Å². The van der Waals surface area contributed by atoms with Crippen LogP contribution in [0.25, 0.3) is 17.0 Å². The van der Waals surface area contributed by atoms with Crippen molar-refractivity contribution < 1.29 is 13.9 Å². The van der Waals surface area contributed by atoms with E-state index in [0.717, 1.165) is 23.0 Å². The lowest BCUT2D eigenvalue weighted by molar-refractivity contribution is 0.0825. The summed E-state index contributed by atoms with van der Waals surface area (Å²) >= 11 is 0. The van der Waals surface area contributed by atoms with Gasteiger partial charge in [-0.15, -0.1) is 0 Å². The van der Waals surface area contributed by atoms with Crippen LogP contribution in [0.2, 0.25) is 0 Å². The summed E-state index contributed by atoms with van der Waals surface area (Å²) in [6, 6.07) is 14.5. The Morgan fingerprint density at radius 2 is 2.00 bits per heavy atom. The van der Waals surface area contributed by atoms with Gasteiger partial charge in [0.25, 0.3) is 11.9 Å². The predicted octanol–water partition coefficient (Wildman–Crippen LogP) is 4.46. The number of carbonyl (C=O) groups is 1. The molecule has 5 nitrogen and oxygen atoms in total. The van der Waals surface area contributed by atoms with Crippen LogP contribution in [0.5, 0.6) is 0 Å². The molecule has 0 bridgehead atoms. The van der Waals surface area contributed by atoms with E-state index in [4.69, 9.17) is 4.74 Å². The zero-order valence-corrected chi connectivity index (χ0v) is 16.7. The number of benzene rings is 2. The average molecular weight is 403 g/mol. The van der Waals surface area contributed by atoms with Gasteiger partial charge in [0.2, 0.25) is 0 Å². The molecule has 0 saturated carbocycles. The number of hydrogen-bond donors (Lipinski definition) is 0. The molecule has 1 unspecified atom stereocenters. The number of aliphatic imine (C=N–C) groups is 1. The van der Waals surface area contributed by atoms with Crippen LogP contribution in [0.3, 0.4) is 0 Å². The standard InChI is InChI=1S/C24H22FN3O2/c1-2-18-15-26-24(30-18)28-21-6-4-3-5-19(21)20-11-13-27(14-12-22(20)28)23(29)16-7-9-17(25)10-8-16/h3-10,12,14,18H,2,11,13,15H2,1H3. The highest BCUT2D eigenvalue weighted by atomic mass is 19.1. The molecule has 0 aliphatic carbocycles. The van der Waals surface area contributed by atoms with Crippen molar-refractivity contribution >= 4 is 28.9 Å². The average Bonchev–Trinajstić information content (AvgIpc) is 3.29. The summed E-state index contributed by atoms with van der Waals surface area (Å²) in [4.78, 5) is 19.2. The molecule has 0 spiro atoms. The quantitative estimate of drug-likeness (QED) is 0.634. The van der Waals surface area contributed by atoms with Crippen LogP contribution in [-0.4, -0.2) is 40.6 Å². The van der Waals surface area contributed by atoms with Crippen molar-refractivity contribution in [3.63, 3.8) is 0 Å². The summed E-state index contributed by atoms with van der Waals surface area (Å²) in [6.45, 7) is 3.29. The Labute approximate surface area is 174 Å². The van der Waals surface area contributed by atoms with E-state index in [9.17, 15) is 9.18 Å². The molecular weight excluding hydrogens is 381 g/mol. The third-order valence-corrected chi connectivity index (χ3v) is 5.74. The van der Waals surface area contributed by atoms with Crippen molar-refractivity contribution in [2.24, 2.45) is 4.99 Å². The SMILES string of the molecule is CCC1CN=C(n2c3c(c4ccccc42)CCN(C(=O)c2ccc(F)cc2)C=C3)O1. The Morgan fingerprint density at radius 3 is 2.77 bits per heavy atom. The second kappa shape index (κ2) is 7.44. The van der Waals surface area contributed by atoms with E-state index in [1.807, 2.05) is 18.2 Å². The molecule has 5 rings (SSSR count). The summed E-state index contributed by atoms with van der Waals surface area (Å²) < 4.78 is 21.4. The summed E-state index contributed by atoms with van der Waals surface area (Å²) in [5.74, 6) is -0.499. The van der Waals surface area contributed by atoms with E-state index in [-0.39, 0.29) is 17.8 Å². The van der Waals surface area contributed by atoms with Crippen molar-refractivity contribution in [2.75, 3.05) is 13.1 Å². The molecule has 1 aromatic heterocycles. The monoisotopic (exact) mass is 403 g/mol. The maximum Gasteiger partial charge on any atom is 0.297 e. The molecule has 2 aromatic carbocycles. The van der Waals surface area contributed by atoms with Crippen LogP contribution in [0.4, 0.5) is 4.39 Å². The molecular formula is C24H22FN3O2. The largest absolute Gasteiger partial charge is 0.459 e. The molecule has 0 radical (unpaired) electrons. The molecule has 0 N–H and O–H groups in total. The summed E-state index contributed by atoms with van der Waals surface area (Å²) in [5.41, 5.74) is 3.68. The fourth-order valence-corrected chi connectivity index (χ4v) is 4.10. The number of para-hydroxylation sites is 1. The molecule has 1 atom stereocenters. The van der Waals surface area contributed by atoms with Crippen molar-refractivity contribution in [1.82, 2.24) is 9.47 Å². The highest BCUT2D eigenvalue weighted by Crippen LogP contribution is 2.31. The van der Waals surface area contributed by atoms with Crippen molar-refractivity contribution in [3.05, 3.63) is 77.4 Å². The first-order valence-corrected chi connectivity index (χ1v) is 10.2. The summed E-state index contributed by atoms with van der Waals surface area (Å²) in [6.07, 6.45) is 5.47. The highest BCUT2D eigenvalue weighted by Gasteiger charge is 2.27. The lowest BCUT2D eigenvalue weighted by Gasteiger charge is -2.17. The zero-order valence-electron chi connectivity index (χ0n) is 16.7. The van der Waals surface area contributed by atoms with E-state index in [1.54, 1.807) is 11.1 Å². The number of ether oxygens (including phenoxy) is 1. The molecule has 30 heavy (non-hydrogen) atoms. The Kier molecular flexibility index (Phi) is 4.62. The fourth-order valence-electron chi connectivity index (χ4n) is 4.10. The van der Waals surface area contributed by atoms with E-state index in [1.165, 1.54) is 29.8 Å². The van der Waals surface area contributed by atoms with Gasteiger partial charge in [-0.25, -0.2) is 9.38 Å². The van der Waals surface area contributed by atoms with Gasteiger partial charge in [0.15, 0.2) is 0 Å². The molecule has 0 fully saturated rings. The molecule has 1 amide bonds. The van der Waals surface area contributed by atoms with Crippen molar-refractivity contribution in [2.45, 2.75) is 25.9 Å². The third-order valence-electron chi connectivity index (χ3n) is 5.74. The molecule has 3 heterocycles. The van der Waals surface area contributed by atoms with Gasteiger partial charge in [0.05, 0.1) is 17.8 Å². The number of aromatic nitrogens is 1. The van der Waals surface area contributed by atoms with E-state index in [0.29, 0.717) is 31.1 Å². The number of nitrogens with zero attached hydrogens (tertiary/aromatic N) is 3. The molecule has 2 aliphatic heterocycles. The summed E-state index contributed by atoms with van der Waals surface area (Å²) in [5, 5.41) is 1.14. The van der Waals surface area contributed by atoms with Gasteiger partial charge < -0.3 is 9.64 Å². The Bertz CT molecular complexity index is 1180. The number of fused-ring (bicyclic) bond motifs is 3. The van der Waals surface area contributed by atoms with Crippen molar-refractivity contribution in [3.8, 4) is 0 Å². The van der Waals surface area contributed by atoms with Gasteiger partial charge in [-0.3, -0.25) is 9.36 Å². The second-order valence-electron chi connectivity index (χ2n) is 7.56. The minimum absolute atomic E-state index is 0.100. The van der Waals surface area contributed by atoms with Gasteiger partial charge in [-0.1, -0.05) is 25.1 Å². The van der Waals surface area contributed by atoms with Crippen LogP contribution < -0.4 is 0 Å². The maximum absolute atomic E-state index is 13.2. The minimum atomic E-state index is -0.353. The normalized spacial score (nSPS) is 18.1. The lowest BCUT2D eigenvalue weighted by Crippen LogP contribution is -2.27. The number of rotatable bonds is 2. The third kappa shape index (κ3) is 3.09. The van der Waals surface area contributed by atoms with Crippen LogP contribution >= 0.6 is 0 Å². The smallest absolute Gasteiger partial charge is 0.297 e. The van der Waals surface area contributed by atoms with E-state index >= 15 is 0 Å². The van der Waals surface area contributed by atoms with E-state index in [2.05, 4.69) is 28.6 Å². The first-order chi connectivity index (χ1) is 14.7. The zero-order chi connectivity index (χ0) is 20.7. The van der Waals surface area contributed by atoms with Crippen LogP contribution in [-0.2, 0) is 11.2 Å². The van der Waals surface area contributed by atoms with Gasteiger partial charge in [-0.2, -0.15) is 0 Å². The van der Waals surface area contributed by atoms with Gasteiger partial charge >= 0.3 is 0 Å². The number of amides is 1. The second-order valence-corrected chi connectivity index (χ2v) is 7.56. The first-order valence-electron chi connectivity index (χ1n) is 10.2. The number of carbonyl (C=O) groups excluding carboxylic acids is 1. The number of halogens is 1. The Hall–Kier alpha value is -3.41. The highest BCUT2D eigenvalue weighted by molar-refractivity contribution is 5.99. The fraction of sp³-hybridized carbons (Fsp3) is 0.250. The van der Waals surface area contributed by atoms with Gasteiger partial charge in [0.1, 0.15) is 11.9 Å². The maximum atomic E-state index is 13.2. The first kappa shape index (κ1) is 18.6. The van der Waals surface area contributed by atoms with Crippen LogP contribution in [0.15, 0.2) is 59.7 Å². The molecule has 2 aliphatic rings. The Morgan fingerprint density at radius 1 is 1.20 bits per heavy atom. The van der Waals surface area contributed by atoms with Crippen molar-refractivity contribution in [1.29, 1.82) is 0 Å². The number of hydrogen-bond acceptors (Lipinski definition) is 3. The minimum Gasteiger partial charge on any atom is -0.459 e. The van der Waals surface area contributed by atoms with E-state index < -0.39 is 0 Å². The lowest BCUT2D eigenvalue weighted by atomic mass is 10.1. The van der Waals surface area contributed by atoms with Crippen LogP contribution in [0, 0.1) is 5.82 Å². The van der Waals surface area contributed by atoms with Gasteiger partial charge in [-0.05, 0) is 54.8 Å².